The molecule has 1 aromatic heterocycles. The molecule has 0 radical (unpaired) electrons. The van der Waals surface area contributed by atoms with Gasteiger partial charge in [-0.2, -0.15) is 5.26 Å². The van der Waals surface area contributed by atoms with E-state index in [9.17, 15) is 5.26 Å². The standard InChI is InChI=1S/C47H41FN4O2/c1-4-53-41-29-43(46(48)44(30-41)54-34(2)3)51(40-27-25-35(31-49)26-28-40)33-45-50-42(36-17-9-5-10-18-36)32-52(45)47(37-19-11-6-12-20-37,38-21-13-7-14-22-38)39-23-15-8-16-24-39/h5-30,32,34H,4,33H2,1-3H3. The molecule has 1 heterocycles. The van der Waals surface area contributed by atoms with Crippen molar-refractivity contribution in [2.45, 2.75) is 39.0 Å². The summed E-state index contributed by atoms with van der Waals surface area (Å²) in [5.41, 5.74) is 5.32. The Morgan fingerprint density at radius 1 is 0.759 bits per heavy atom. The van der Waals surface area contributed by atoms with Crippen LogP contribution < -0.4 is 14.4 Å². The summed E-state index contributed by atoms with van der Waals surface area (Å²) in [6, 6.07) is 54.0. The van der Waals surface area contributed by atoms with Crippen LogP contribution in [0, 0.1) is 17.1 Å². The molecule has 54 heavy (non-hydrogen) atoms. The van der Waals surface area contributed by atoms with Gasteiger partial charge in [0.25, 0.3) is 0 Å². The Balaban J connectivity index is 1.55. The molecule has 0 saturated heterocycles. The smallest absolute Gasteiger partial charge is 0.188 e. The molecule has 0 atom stereocenters. The van der Waals surface area contributed by atoms with Crippen LogP contribution in [0.4, 0.5) is 15.8 Å². The number of imidazole rings is 1. The monoisotopic (exact) mass is 712 g/mol. The lowest BCUT2D eigenvalue weighted by atomic mass is 9.76. The second-order valence-electron chi connectivity index (χ2n) is 13.2. The number of hydrogen-bond donors (Lipinski definition) is 0. The van der Waals surface area contributed by atoms with Crippen molar-refractivity contribution in [2.24, 2.45) is 0 Å². The first kappa shape index (κ1) is 35.7. The molecule has 0 unspecified atom stereocenters. The van der Waals surface area contributed by atoms with Crippen molar-refractivity contribution in [3.63, 3.8) is 0 Å². The van der Waals surface area contributed by atoms with Crippen molar-refractivity contribution < 1.29 is 13.9 Å². The Labute approximate surface area is 316 Å². The SMILES string of the molecule is CCOc1cc(OC(C)C)c(F)c(N(Cc2nc(-c3ccccc3)cn2C(c2ccccc2)(c2ccccc2)c2ccccc2)c2ccc(C#N)cc2)c1. The van der Waals surface area contributed by atoms with E-state index in [1.807, 2.05) is 86.3 Å². The second kappa shape index (κ2) is 15.9. The summed E-state index contributed by atoms with van der Waals surface area (Å²) in [6.07, 6.45) is 1.83. The van der Waals surface area contributed by atoms with Crippen molar-refractivity contribution in [3.05, 3.63) is 198 Å². The quantitative estimate of drug-likeness (QED) is 0.111. The van der Waals surface area contributed by atoms with E-state index in [0.29, 0.717) is 29.4 Å². The van der Waals surface area contributed by atoms with Gasteiger partial charge in [-0.25, -0.2) is 9.37 Å². The zero-order valence-electron chi connectivity index (χ0n) is 30.6. The molecule has 0 saturated carbocycles. The van der Waals surface area contributed by atoms with Gasteiger partial charge in [0.05, 0.1) is 42.3 Å². The van der Waals surface area contributed by atoms with Crippen LogP contribution in [0.2, 0.25) is 0 Å². The van der Waals surface area contributed by atoms with Crippen LogP contribution in [0.1, 0.15) is 48.8 Å². The Hall–Kier alpha value is -6.65. The van der Waals surface area contributed by atoms with Gasteiger partial charge < -0.3 is 18.9 Å². The molecule has 7 aromatic rings. The maximum atomic E-state index is 16.9. The van der Waals surface area contributed by atoms with Crippen LogP contribution in [-0.2, 0) is 12.1 Å². The first-order chi connectivity index (χ1) is 26.4. The van der Waals surface area contributed by atoms with E-state index in [1.54, 1.807) is 24.3 Å². The van der Waals surface area contributed by atoms with Crippen LogP contribution in [-0.4, -0.2) is 22.3 Å². The molecule has 0 amide bonds. The molecule has 0 N–H and O–H groups in total. The summed E-state index contributed by atoms with van der Waals surface area (Å²) in [5.74, 6) is 0.703. The molecule has 0 aliphatic carbocycles. The summed E-state index contributed by atoms with van der Waals surface area (Å²) >= 11 is 0. The van der Waals surface area contributed by atoms with E-state index in [-0.39, 0.29) is 24.1 Å². The highest BCUT2D eigenvalue weighted by Crippen LogP contribution is 2.44. The van der Waals surface area contributed by atoms with Gasteiger partial charge in [0.15, 0.2) is 11.6 Å². The molecule has 7 heteroatoms. The highest BCUT2D eigenvalue weighted by molar-refractivity contribution is 5.69. The number of nitriles is 1. The van der Waals surface area contributed by atoms with Crippen molar-refractivity contribution >= 4 is 11.4 Å². The van der Waals surface area contributed by atoms with Gasteiger partial charge in [0, 0.05) is 29.6 Å². The van der Waals surface area contributed by atoms with Crippen LogP contribution in [0.5, 0.6) is 11.5 Å². The van der Waals surface area contributed by atoms with Crippen molar-refractivity contribution in [3.8, 4) is 28.8 Å². The Kier molecular flexibility index (Phi) is 10.5. The topological polar surface area (TPSA) is 63.3 Å². The van der Waals surface area contributed by atoms with E-state index in [2.05, 4.69) is 89.6 Å². The van der Waals surface area contributed by atoms with E-state index in [4.69, 9.17) is 14.5 Å². The van der Waals surface area contributed by atoms with E-state index < -0.39 is 11.4 Å². The van der Waals surface area contributed by atoms with E-state index in [1.165, 1.54) is 0 Å². The average molecular weight is 713 g/mol. The molecular formula is C47H41FN4O2. The molecule has 0 spiro atoms. The van der Waals surface area contributed by atoms with Crippen molar-refractivity contribution in [1.82, 2.24) is 9.55 Å². The number of hydrogen-bond acceptors (Lipinski definition) is 5. The number of benzene rings is 6. The zero-order valence-corrected chi connectivity index (χ0v) is 30.6. The lowest BCUT2D eigenvalue weighted by molar-refractivity contribution is 0.229. The molecule has 7 rings (SSSR count). The maximum absolute atomic E-state index is 16.9. The highest BCUT2D eigenvalue weighted by atomic mass is 19.1. The molecule has 0 aliphatic rings. The van der Waals surface area contributed by atoms with Gasteiger partial charge in [-0.1, -0.05) is 121 Å². The number of rotatable bonds is 13. The Bertz CT molecular complexity index is 2240. The number of aromatic nitrogens is 2. The highest BCUT2D eigenvalue weighted by Gasteiger charge is 2.41. The summed E-state index contributed by atoms with van der Waals surface area (Å²) in [7, 11) is 0. The van der Waals surface area contributed by atoms with Crippen LogP contribution >= 0.6 is 0 Å². The summed E-state index contributed by atoms with van der Waals surface area (Å²) in [5, 5.41) is 9.67. The first-order valence-electron chi connectivity index (χ1n) is 18.1. The molecule has 268 valence electrons. The predicted octanol–water partition coefficient (Wildman–Crippen LogP) is 10.9. The first-order valence-corrected chi connectivity index (χ1v) is 18.1. The predicted molar refractivity (Wildman–Crippen MR) is 213 cm³/mol. The molecule has 0 fully saturated rings. The maximum Gasteiger partial charge on any atom is 0.188 e. The van der Waals surface area contributed by atoms with Gasteiger partial charge in [0.2, 0.25) is 0 Å². The minimum atomic E-state index is -0.896. The third kappa shape index (κ3) is 7.07. The number of halogens is 1. The van der Waals surface area contributed by atoms with E-state index in [0.717, 1.165) is 27.9 Å². The average Bonchev–Trinajstić information content (AvgIpc) is 3.64. The fourth-order valence-corrected chi connectivity index (χ4v) is 7.04. The fraction of sp³-hybridized carbons (Fsp3) is 0.149. The van der Waals surface area contributed by atoms with Gasteiger partial charge in [0.1, 0.15) is 17.1 Å². The van der Waals surface area contributed by atoms with Gasteiger partial charge in [-0.15, -0.1) is 0 Å². The fourth-order valence-electron chi connectivity index (χ4n) is 7.04. The minimum absolute atomic E-state index is 0.0881. The third-order valence-electron chi connectivity index (χ3n) is 9.35. The number of nitrogens with zero attached hydrogens (tertiary/aromatic N) is 4. The Morgan fingerprint density at radius 2 is 1.30 bits per heavy atom. The van der Waals surface area contributed by atoms with Crippen molar-refractivity contribution in [1.29, 1.82) is 5.26 Å². The van der Waals surface area contributed by atoms with Crippen LogP contribution in [0.3, 0.4) is 0 Å². The second-order valence-corrected chi connectivity index (χ2v) is 13.2. The molecule has 6 nitrogen and oxygen atoms in total. The zero-order chi connectivity index (χ0) is 37.5. The molecule has 0 bridgehead atoms. The third-order valence-corrected chi connectivity index (χ3v) is 9.35. The molecule has 6 aromatic carbocycles. The summed E-state index contributed by atoms with van der Waals surface area (Å²) in [4.78, 5) is 7.27. The largest absolute Gasteiger partial charge is 0.494 e. The van der Waals surface area contributed by atoms with E-state index >= 15 is 4.39 Å². The lowest BCUT2D eigenvalue weighted by Gasteiger charge is -2.39. The van der Waals surface area contributed by atoms with Crippen LogP contribution in [0.25, 0.3) is 11.3 Å². The summed E-state index contributed by atoms with van der Waals surface area (Å²) < 4.78 is 31.2. The summed E-state index contributed by atoms with van der Waals surface area (Å²) in [6.45, 7) is 6.15. The number of ether oxygens (including phenoxy) is 2. The van der Waals surface area contributed by atoms with Gasteiger partial charge in [-0.3, -0.25) is 0 Å². The Morgan fingerprint density at radius 3 is 1.80 bits per heavy atom. The lowest BCUT2D eigenvalue weighted by Crippen LogP contribution is -2.39. The number of anilines is 2. The van der Waals surface area contributed by atoms with Crippen LogP contribution in [0.15, 0.2) is 164 Å². The van der Waals surface area contributed by atoms with Crippen molar-refractivity contribution in [2.75, 3.05) is 11.5 Å². The molecular weight excluding hydrogens is 672 g/mol. The normalized spacial score (nSPS) is 11.3. The van der Waals surface area contributed by atoms with Gasteiger partial charge in [-0.05, 0) is 61.7 Å². The molecule has 0 aliphatic heterocycles. The minimum Gasteiger partial charge on any atom is -0.494 e. The van der Waals surface area contributed by atoms with Gasteiger partial charge >= 0.3 is 0 Å².